The van der Waals surface area contributed by atoms with Crippen LogP contribution < -0.4 is 10.1 Å². The number of rotatable bonds is 6. The molecule has 0 saturated heterocycles. The number of benzene rings is 1. The van der Waals surface area contributed by atoms with Gasteiger partial charge in [0.15, 0.2) is 0 Å². The summed E-state index contributed by atoms with van der Waals surface area (Å²) in [5, 5.41) is 4.49. The van der Waals surface area contributed by atoms with Crippen molar-refractivity contribution in [1.82, 2.24) is 5.32 Å². The van der Waals surface area contributed by atoms with Crippen molar-refractivity contribution >= 4 is 27.5 Å². The van der Waals surface area contributed by atoms with Gasteiger partial charge in [0.1, 0.15) is 5.75 Å². The minimum absolute atomic E-state index is 0.270. The highest BCUT2D eigenvalue weighted by molar-refractivity contribution is 9.10. The van der Waals surface area contributed by atoms with Gasteiger partial charge >= 0.3 is 0 Å². The zero-order chi connectivity index (χ0) is 15.5. The van der Waals surface area contributed by atoms with Crippen molar-refractivity contribution < 1.29 is 4.74 Å². The summed E-state index contributed by atoms with van der Waals surface area (Å²) >= 11 is 9.88. The first-order valence-corrected chi connectivity index (χ1v) is 8.95. The van der Waals surface area contributed by atoms with Gasteiger partial charge in [-0.15, -0.1) is 0 Å². The third kappa shape index (κ3) is 3.75. The summed E-state index contributed by atoms with van der Waals surface area (Å²) in [6, 6.07) is 4.24. The van der Waals surface area contributed by atoms with Crippen LogP contribution in [-0.4, -0.2) is 13.7 Å². The first-order valence-electron chi connectivity index (χ1n) is 7.78. The van der Waals surface area contributed by atoms with E-state index < -0.39 is 0 Å². The van der Waals surface area contributed by atoms with Crippen molar-refractivity contribution in [2.24, 2.45) is 5.41 Å². The fraction of sp³-hybridized carbons (Fsp3) is 0.647. The maximum absolute atomic E-state index is 6.30. The lowest BCUT2D eigenvalue weighted by molar-refractivity contribution is 0.218. The highest BCUT2D eigenvalue weighted by Gasteiger charge is 2.39. The van der Waals surface area contributed by atoms with Crippen molar-refractivity contribution in [1.29, 1.82) is 0 Å². The lowest BCUT2D eigenvalue weighted by atomic mass is 9.77. The van der Waals surface area contributed by atoms with Crippen molar-refractivity contribution in [3.05, 3.63) is 27.2 Å². The average Bonchev–Trinajstić information content (AvgIpc) is 2.86. The molecule has 0 heterocycles. The molecular formula is C17H25BrClNO. The molecule has 1 aliphatic carbocycles. The van der Waals surface area contributed by atoms with E-state index in [2.05, 4.69) is 41.2 Å². The quantitative estimate of drug-likeness (QED) is 0.686. The molecule has 1 fully saturated rings. The fourth-order valence-electron chi connectivity index (χ4n) is 3.50. The summed E-state index contributed by atoms with van der Waals surface area (Å²) in [6.45, 7) is 5.60. The summed E-state index contributed by atoms with van der Waals surface area (Å²) in [4.78, 5) is 0. The monoisotopic (exact) mass is 373 g/mol. The standard InChI is InChI=1S/C17H25BrClNO/c1-4-9-20-16(17(2)7-5-6-8-17)13-10-12(19)11-14(18)15(13)21-3/h10-11,16,20H,4-9H2,1-3H3. The van der Waals surface area contributed by atoms with Gasteiger partial charge in [0.25, 0.3) is 0 Å². The Balaban J connectivity index is 2.45. The summed E-state index contributed by atoms with van der Waals surface area (Å²) < 4.78 is 6.58. The first kappa shape index (κ1) is 17.1. The Labute approximate surface area is 141 Å². The molecule has 0 aromatic heterocycles. The molecule has 0 spiro atoms. The lowest BCUT2D eigenvalue weighted by Crippen LogP contribution is -2.35. The van der Waals surface area contributed by atoms with Gasteiger partial charge in [0.05, 0.1) is 11.6 Å². The van der Waals surface area contributed by atoms with Gasteiger partial charge in [0.2, 0.25) is 0 Å². The Bertz CT molecular complexity index is 486. The van der Waals surface area contributed by atoms with E-state index >= 15 is 0 Å². The second-order valence-electron chi connectivity index (χ2n) is 6.26. The number of ether oxygens (including phenoxy) is 1. The van der Waals surface area contributed by atoms with Crippen molar-refractivity contribution in [2.45, 2.75) is 52.0 Å². The summed E-state index contributed by atoms with van der Waals surface area (Å²) in [7, 11) is 1.73. The van der Waals surface area contributed by atoms with Crippen LogP contribution >= 0.6 is 27.5 Å². The van der Waals surface area contributed by atoms with Crippen LogP contribution in [0.5, 0.6) is 5.75 Å². The fourth-order valence-corrected chi connectivity index (χ4v) is 4.50. The maximum Gasteiger partial charge on any atom is 0.137 e. The van der Waals surface area contributed by atoms with E-state index in [1.54, 1.807) is 7.11 Å². The van der Waals surface area contributed by atoms with Gasteiger partial charge in [-0.25, -0.2) is 0 Å². The van der Waals surface area contributed by atoms with Crippen molar-refractivity contribution in [3.8, 4) is 5.75 Å². The molecule has 4 heteroatoms. The summed E-state index contributed by atoms with van der Waals surface area (Å²) in [5.74, 6) is 0.904. The van der Waals surface area contributed by atoms with Crippen LogP contribution in [0, 0.1) is 5.41 Å². The normalized spacial score (nSPS) is 18.7. The zero-order valence-corrected chi connectivity index (χ0v) is 15.5. The second-order valence-corrected chi connectivity index (χ2v) is 7.55. The molecule has 0 bridgehead atoms. The highest BCUT2D eigenvalue weighted by atomic mass is 79.9. The smallest absolute Gasteiger partial charge is 0.137 e. The first-order chi connectivity index (χ1) is 10.0. The second kappa shape index (κ2) is 7.34. The SMILES string of the molecule is CCCNC(c1cc(Cl)cc(Br)c1OC)C1(C)CCCC1. The van der Waals surface area contributed by atoms with Gasteiger partial charge < -0.3 is 10.1 Å². The maximum atomic E-state index is 6.30. The molecular weight excluding hydrogens is 350 g/mol. The summed E-state index contributed by atoms with van der Waals surface area (Å²) in [6.07, 6.45) is 6.25. The molecule has 1 aromatic rings. The predicted molar refractivity (Wildman–Crippen MR) is 93.3 cm³/mol. The van der Waals surface area contributed by atoms with E-state index in [4.69, 9.17) is 16.3 Å². The van der Waals surface area contributed by atoms with E-state index in [1.807, 2.05) is 6.07 Å². The Kier molecular flexibility index (Phi) is 5.98. The Morgan fingerprint density at radius 1 is 1.38 bits per heavy atom. The molecule has 1 unspecified atom stereocenters. The molecule has 1 saturated carbocycles. The van der Waals surface area contributed by atoms with Crippen molar-refractivity contribution in [2.75, 3.05) is 13.7 Å². The van der Waals surface area contributed by atoms with E-state index in [0.717, 1.165) is 28.2 Å². The summed E-state index contributed by atoms with van der Waals surface area (Å²) in [5.41, 5.74) is 1.45. The van der Waals surface area contributed by atoms with Crippen LogP contribution in [0.4, 0.5) is 0 Å². The van der Waals surface area contributed by atoms with E-state index in [-0.39, 0.29) is 11.5 Å². The van der Waals surface area contributed by atoms with Crippen LogP contribution in [0.2, 0.25) is 5.02 Å². The molecule has 2 nitrogen and oxygen atoms in total. The van der Waals surface area contributed by atoms with Gasteiger partial charge in [-0.05, 0) is 59.3 Å². The molecule has 1 atom stereocenters. The third-order valence-corrected chi connectivity index (χ3v) is 5.40. The van der Waals surface area contributed by atoms with E-state index in [0.29, 0.717) is 0 Å². The molecule has 0 aliphatic heterocycles. The minimum Gasteiger partial charge on any atom is -0.495 e. The Morgan fingerprint density at radius 3 is 2.62 bits per heavy atom. The minimum atomic E-state index is 0.270. The van der Waals surface area contributed by atoms with Gasteiger partial charge in [-0.2, -0.15) is 0 Å². The predicted octanol–water partition coefficient (Wildman–Crippen LogP) is 5.73. The van der Waals surface area contributed by atoms with E-state index in [9.17, 15) is 0 Å². The number of hydrogen-bond acceptors (Lipinski definition) is 2. The van der Waals surface area contributed by atoms with Crippen molar-refractivity contribution in [3.63, 3.8) is 0 Å². The zero-order valence-electron chi connectivity index (χ0n) is 13.1. The molecule has 21 heavy (non-hydrogen) atoms. The Morgan fingerprint density at radius 2 is 2.05 bits per heavy atom. The number of methoxy groups -OCH3 is 1. The molecule has 0 radical (unpaired) electrons. The van der Waals surface area contributed by atoms with Gasteiger partial charge in [-0.1, -0.05) is 38.3 Å². The van der Waals surface area contributed by atoms with Crippen LogP contribution in [0.15, 0.2) is 16.6 Å². The molecule has 1 N–H and O–H groups in total. The van der Waals surface area contributed by atoms with Gasteiger partial charge in [-0.3, -0.25) is 0 Å². The molecule has 1 aliphatic rings. The number of halogens is 2. The van der Waals surface area contributed by atoms with Crippen LogP contribution in [0.25, 0.3) is 0 Å². The number of nitrogens with one attached hydrogen (secondary N) is 1. The largest absolute Gasteiger partial charge is 0.495 e. The van der Waals surface area contributed by atoms with Crippen LogP contribution in [0.3, 0.4) is 0 Å². The molecule has 1 aromatic carbocycles. The van der Waals surface area contributed by atoms with E-state index in [1.165, 1.54) is 31.2 Å². The van der Waals surface area contributed by atoms with Crippen LogP contribution in [-0.2, 0) is 0 Å². The number of hydrogen-bond donors (Lipinski definition) is 1. The van der Waals surface area contributed by atoms with Crippen LogP contribution in [0.1, 0.15) is 57.6 Å². The third-order valence-electron chi connectivity index (χ3n) is 4.59. The molecule has 2 rings (SSSR count). The molecule has 0 amide bonds. The highest BCUT2D eigenvalue weighted by Crippen LogP contribution is 2.50. The average molecular weight is 375 g/mol. The Hall–Kier alpha value is -0.250. The van der Waals surface area contributed by atoms with Gasteiger partial charge in [0, 0.05) is 16.6 Å². The lowest BCUT2D eigenvalue weighted by Gasteiger charge is -2.36. The topological polar surface area (TPSA) is 21.3 Å². The molecule has 118 valence electrons.